The van der Waals surface area contributed by atoms with Gasteiger partial charge in [0.05, 0.1) is 35.9 Å². The lowest BCUT2D eigenvalue weighted by molar-refractivity contribution is -0.137. The highest BCUT2D eigenvalue weighted by Gasteiger charge is 2.28. The van der Waals surface area contributed by atoms with Crippen molar-refractivity contribution in [2.24, 2.45) is 16.6 Å². The molecule has 1 aliphatic heterocycles. The zero-order valence-electron chi connectivity index (χ0n) is 18.7. The van der Waals surface area contributed by atoms with Gasteiger partial charge in [0.1, 0.15) is 5.75 Å². The molecule has 0 aromatic carbocycles. The maximum Gasteiger partial charge on any atom is 0.389 e. The number of hydrazine groups is 1. The number of guanidine groups is 1. The van der Waals surface area contributed by atoms with Gasteiger partial charge in [-0.15, -0.1) is 0 Å². The molecule has 2 aliphatic rings. The van der Waals surface area contributed by atoms with Gasteiger partial charge >= 0.3 is 6.18 Å². The van der Waals surface area contributed by atoms with E-state index in [4.69, 9.17) is 21.2 Å². The van der Waals surface area contributed by atoms with E-state index in [1.165, 1.54) is 24.3 Å². The Morgan fingerprint density at radius 2 is 2.06 bits per heavy atom. The maximum atomic E-state index is 12.3. The first-order valence-corrected chi connectivity index (χ1v) is 11.1. The third-order valence-electron chi connectivity index (χ3n) is 5.51. The van der Waals surface area contributed by atoms with E-state index in [0.717, 1.165) is 12.8 Å². The summed E-state index contributed by atoms with van der Waals surface area (Å²) < 4.78 is 42.9. The molecule has 33 heavy (non-hydrogen) atoms. The standard InChI is InChI=1S/C21H32F3N7O2/c1-31(26)17(13-28-20-29-18(33-30-20)8-5-11-21(22,23)24)19(25)16-10-9-15(12-27-16)32-14-6-3-2-4-7-14/h9-10,12,14,18H,2-8,11,13,25-26H2,1H3,(H2,28,29,30)/b19-17-. The lowest BCUT2D eigenvalue weighted by Crippen LogP contribution is -2.32. The molecule has 2 heterocycles. The van der Waals surface area contributed by atoms with Crippen LogP contribution in [0.25, 0.3) is 5.70 Å². The summed E-state index contributed by atoms with van der Waals surface area (Å²) in [4.78, 5) is 14.0. The maximum absolute atomic E-state index is 12.3. The molecule has 1 unspecified atom stereocenters. The lowest BCUT2D eigenvalue weighted by atomic mass is 9.98. The molecule has 1 saturated carbocycles. The molecule has 12 heteroatoms. The molecule has 6 N–H and O–H groups in total. The Labute approximate surface area is 191 Å². The first-order valence-electron chi connectivity index (χ1n) is 11.1. The normalized spacial score (nSPS) is 21.4. The van der Waals surface area contributed by atoms with Gasteiger partial charge in [0.15, 0.2) is 6.23 Å². The molecule has 1 aliphatic carbocycles. The molecule has 1 aromatic heterocycles. The van der Waals surface area contributed by atoms with E-state index in [-0.39, 0.29) is 25.5 Å². The van der Waals surface area contributed by atoms with Crippen LogP contribution in [-0.4, -0.2) is 48.1 Å². The fourth-order valence-corrected chi connectivity index (χ4v) is 3.71. The molecule has 2 fully saturated rings. The fourth-order valence-electron chi connectivity index (χ4n) is 3.71. The molecule has 3 rings (SSSR count). The number of nitrogens with two attached hydrogens (primary N) is 2. The molecule has 1 aromatic rings. The van der Waals surface area contributed by atoms with Crippen LogP contribution in [0, 0.1) is 0 Å². The average molecular weight is 472 g/mol. The van der Waals surface area contributed by atoms with Crippen molar-refractivity contribution in [3.63, 3.8) is 0 Å². The SMILES string of the molecule is CN(N)/C(CN=C1NOC(CCCC(F)(F)F)N1)=C(\N)c1ccc(OC2CCCCC2)cn1. The van der Waals surface area contributed by atoms with Crippen molar-refractivity contribution in [1.29, 1.82) is 0 Å². The molecule has 0 bridgehead atoms. The fraction of sp³-hybridized carbons (Fsp3) is 0.619. The van der Waals surface area contributed by atoms with Crippen LogP contribution in [-0.2, 0) is 4.84 Å². The number of rotatable bonds is 9. The van der Waals surface area contributed by atoms with Crippen molar-refractivity contribution in [2.45, 2.75) is 69.9 Å². The summed E-state index contributed by atoms with van der Waals surface area (Å²) in [6, 6.07) is 3.61. The second-order valence-electron chi connectivity index (χ2n) is 8.25. The van der Waals surface area contributed by atoms with Gasteiger partial charge in [-0.3, -0.25) is 4.98 Å². The Kier molecular flexibility index (Phi) is 8.61. The summed E-state index contributed by atoms with van der Waals surface area (Å²) in [7, 11) is 1.63. The third kappa shape index (κ3) is 7.97. The van der Waals surface area contributed by atoms with Crippen molar-refractivity contribution in [2.75, 3.05) is 13.6 Å². The number of likely N-dealkylation sites (N-methyl/N-ethyl adjacent to an activating group) is 1. The highest BCUT2D eigenvalue weighted by molar-refractivity contribution is 5.80. The van der Waals surface area contributed by atoms with Crippen LogP contribution in [0.4, 0.5) is 13.2 Å². The zero-order chi connectivity index (χ0) is 23.8. The van der Waals surface area contributed by atoms with Crippen molar-refractivity contribution >= 4 is 11.7 Å². The second-order valence-corrected chi connectivity index (χ2v) is 8.25. The Morgan fingerprint density at radius 1 is 1.30 bits per heavy atom. The minimum Gasteiger partial charge on any atom is -0.489 e. The number of aromatic nitrogens is 1. The smallest absolute Gasteiger partial charge is 0.389 e. The summed E-state index contributed by atoms with van der Waals surface area (Å²) in [5.74, 6) is 6.94. The van der Waals surface area contributed by atoms with Crippen LogP contribution < -0.4 is 27.1 Å². The quantitative estimate of drug-likeness (QED) is 0.320. The zero-order valence-corrected chi connectivity index (χ0v) is 18.7. The molecular weight excluding hydrogens is 439 g/mol. The number of hydroxylamine groups is 1. The third-order valence-corrected chi connectivity index (χ3v) is 5.51. The summed E-state index contributed by atoms with van der Waals surface area (Å²) >= 11 is 0. The number of pyridine rings is 1. The van der Waals surface area contributed by atoms with Crippen LogP contribution in [0.15, 0.2) is 29.0 Å². The highest BCUT2D eigenvalue weighted by Crippen LogP contribution is 2.24. The molecule has 1 saturated heterocycles. The van der Waals surface area contributed by atoms with E-state index in [1.54, 1.807) is 19.3 Å². The molecule has 0 amide bonds. The Hall–Kier alpha value is -2.73. The summed E-state index contributed by atoms with van der Waals surface area (Å²) in [6.45, 7) is 0.106. The van der Waals surface area contributed by atoms with E-state index in [9.17, 15) is 13.2 Å². The van der Waals surface area contributed by atoms with E-state index >= 15 is 0 Å². The van der Waals surface area contributed by atoms with Gasteiger partial charge in [0.2, 0.25) is 5.96 Å². The van der Waals surface area contributed by atoms with Crippen molar-refractivity contribution in [3.8, 4) is 5.75 Å². The number of hydrogen-bond acceptors (Lipinski definition) is 7. The van der Waals surface area contributed by atoms with Crippen LogP contribution >= 0.6 is 0 Å². The van der Waals surface area contributed by atoms with Crippen LogP contribution in [0.3, 0.4) is 0 Å². The molecule has 9 nitrogen and oxygen atoms in total. The number of halogens is 3. The van der Waals surface area contributed by atoms with Gasteiger partial charge in [-0.2, -0.15) is 13.2 Å². The number of nitrogens with zero attached hydrogens (tertiary/aromatic N) is 3. The Bertz CT molecular complexity index is 822. The molecule has 184 valence electrons. The van der Waals surface area contributed by atoms with Crippen molar-refractivity contribution < 1.29 is 22.7 Å². The summed E-state index contributed by atoms with van der Waals surface area (Å²) in [6.07, 6.45) is 2.12. The van der Waals surface area contributed by atoms with Crippen LogP contribution in [0.1, 0.15) is 57.1 Å². The van der Waals surface area contributed by atoms with E-state index in [1.807, 2.05) is 6.07 Å². The van der Waals surface area contributed by atoms with Gasteiger partial charge in [-0.05, 0) is 50.7 Å². The van der Waals surface area contributed by atoms with Gasteiger partial charge in [-0.25, -0.2) is 21.2 Å². The number of hydrogen-bond donors (Lipinski definition) is 4. The van der Waals surface area contributed by atoms with Gasteiger partial charge < -0.3 is 20.8 Å². The summed E-state index contributed by atoms with van der Waals surface area (Å²) in [5.41, 5.74) is 10.3. The number of aliphatic imine (C=N–C) groups is 1. The molecule has 0 radical (unpaired) electrons. The van der Waals surface area contributed by atoms with Gasteiger partial charge in [0.25, 0.3) is 0 Å². The lowest BCUT2D eigenvalue weighted by Gasteiger charge is -2.23. The predicted octanol–water partition coefficient (Wildman–Crippen LogP) is 2.77. The predicted molar refractivity (Wildman–Crippen MR) is 118 cm³/mol. The first kappa shape index (κ1) is 24.9. The second kappa shape index (κ2) is 11.4. The number of alkyl halides is 3. The minimum atomic E-state index is -4.18. The van der Waals surface area contributed by atoms with Crippen LogP contribution in [0.2, 0.25) is 0 Å². The Balaban J connectivity index is 1.57. The summed E-state index contributed by atoms with van der Waals surface area (Å²) in [5, 5.41) is 4.24. The van der Waals surface area contributed by atoms with Gasteiger partial charge in [-0.1, -0.05) is 6.42 Å². The van der Waals surface area contributed by atoms with E-state index in [2.05, 4.69) is 20.8 Å². The van der Waals surface area contributed by atoms with Gasteiger partial charge in [0, 0.05) is 13.5 Å². The Morgan fingerprint density at radius 3 is 2.70 bits per heavy atom. The van der Waals surface area contributed by atoms with E-state index in [0.29, 0.717) is 28.8 Å². The molecular formula is C21H32F3N7O2. The molecule has 1 atom stereocenters. The number of ether oxygens (including phenoxy) is 1. The van der Waals surface area contributed by atoms with Crippen molar-refractivity contribution in [3.05, 3.63) is 29.7 Å². The van der Waals surface area contributed by atoms with Crippen LogP contribution in [0.5, 0.6) is 5.75 Å². The largest absolute Gasteiger partial charge is 0.489 e. The number of nitrogens with one attached hydrogen (secondary N) is 2. The highest BCUT2D eigenvalue weighted by atomic mass is 19.4. The minimum absolute atomic E-state index is 0.0497. The monoisotopic (exact) mass is 471 g/mol. The topological polar surface area (TPSA) is 123 Å². The van der Waals surface area contributed by atoms with E-state index < -0.39 is 18.8 Å². The molecule has 0 spiro atoms. The first-order chi connectivity index (χ1) is 15.7. The van der Waals surface area contributed by atoms with Crippen molar-refractivity contribution in [1.82, 2.24) is 20.8 Å². The average Bonchev–Trinajstić information content (AvgIpc) is 3.21.